The highest BCUT2D eigenvalue weighted by Gasteiger charge is 2.31. The molecule has 126 valence electrons. The Morgan fingerprint density at radius 2 is 1.85 bits per heavy atom. The number of pyridine rings is 1. The van der Waals surface area contributed by atoms with Crippen LogP contribution in [0.4, 0.5) is 0 Å². The second-order valence-electron chi connectivity index (χ2n) is 5.52. The van der Waals surface area contributed by atoms with Crippen molar-refractivity contribution in [3.8, 4) is 5.75 Å². The van der Waals surface area contributed by atoms with Gasteiger partial charge in [0.25, 0.3) is 0 Å². The molecule has 0 aliphatic heterocycles. The SMILES string of the molecule is NC1=C(c2ncnc3ccccc23)C(=O)C(Oc2cccnc2)=CC1=O. The molecule has 0 radical (unpaired) electrons. The molecular weight excluding hydrogens is 332 g/mol. The summed E-state index contributed by atoms with van der Waals surface area (Å²) in [6.07, 6.45) is 5.43. The second-order valence-corrected chi connectivity index (χ2v) is 5.52. The summed E-state index contributed by atoms with van der Waals surface area (Å²) >= 11 is 0. The number of aromatic nitrogens is 3. The Hall–Kier alpha value is -3.87. The van der Waals surface area contributed by atoms with E-state index >= 15 is 0 Å². The summed E-state index contributed by atoms with van der Waals surface area (Å²) in [6, 6.07) is 10.5. The number of carbonyl (C=O) groups excluding carboxylic acids is 2. The fraction of sp³-hybridized carbons (Fsp3) is 0. The molecule has 7 heteroatoms. The number of hydrogen-bond donors (Lipinski definition) is 1. The minimum absolute atomic E-state index is 0.00925. The number of fused-ring (bicyclic) bond motifs is 1. The van der Waals surface area contributed by atoms with Gasteiger partial charge < -0.3 is 10.5 Å². The van der Waals surface area contributed by atoms with Gasteiger partial charge in [0.05, 0.1) is 28.7 Å². The topological polar surface area (TPSA) is 108 Å². The maximum Gasteiger partial charge on any atom is 0.232 e. The number of ketones is 2. The molecule has 0 spiro atoms. The van der Waals surface area contributed by atoms with Crippen molar-refractivity contribution in [3.05, 3.63) is 78.3 Å². The zero-order chi connectivity index (χ0) is 18.1. The lowest BCUT2D eigenvalue weighted by Gasteiger charge is -2.17. The van der Waals surface area contributed by atoms with E-state index in [-0.39, 0.29) is 17.0 Å². The van der Waals surface area contributed by atoms with Gasteiger partial charge in [-0.05, 0) is 18.2 Å². The van der Waals surface area contributed by atoms with Gasteiger partial charge in [-0.3, -0.25) is 14.6 Å². The lowest BCUT2D eigenvalue weighted by molar-refractivity contribution is -0.115. The summed E-state index contributed by atoms with van der Waals surface area (Å²) in [5, 5.41) is 0.622. The van der Waals surface area contributed by atoms with E-state index in [1.165, 1.54) is 12.5 Å². The largest absolute Gasteiger partial charge is 0.451 e. The van der Waals surface area contributed by atoms with Gasteiger partial charge in [0.1, 0.15) is 12.1 Å². The summed E-state index contributed by atoms with van der Waals surface area (Å²) in [5.41, 5.74) is 6.71. The van der Waals surface area contributed by atoms with Crippen LogP contribution in [0.2, 0.25) is 0 Å². The third kappa shape index (κ3) is 2.61. The minimum Gasteiger partial charge on any atom is -0.451 e. The van der Waals surface area contributed by atoms with Gasteiger partial charge in [-0.2, -0.15) is 0 Å². The molecule has 0 fully saturated rings. The smallest absolute Gasteiger partial charge is 0.232 e. The van der Waals surface area contributed by atoms with E-state index in [4.69, 9.17) is 10.5 Å². The average molecular weight is 344 g/mol. The van der Waals surface area contributed by atoms with E-state index in [9.17, 15) is 9.59 Å². The monoisotopic (exact) mass is 344 g/mol. The molecular formula is C19H12N4O3. The lowest BCUT2D eigenvalue weighted by atomic mass is 9.94. The van der Waals surface area contributed by atoms with E-state index < -0.39 is 11.6 Å². The van der Waals surface area contributed by atoms with Crippen LogP contribution >= 0.6 is 0 Å². The Labute approximate surface area is 147 Å². The molecule has 0 atom stereocenters. The first-order chi connectivity index (χ1) is 12.6. The van der Waals surface area contributed by atoms with Gasteiger partial charge in [-0.1, -0.05) is 18.2 Å². The molecule has 0 amide bonds. The van der Waals surface area contributed by atoms with Gasteiger partial charge in [0, 0.05) is 17.7 Å². The molecule has 1 aliphatic rings. The van der Waals surface area contributed by atoms with Crippen LogP contribution in [0.1, 0.15) is 5.69 Å². The summed E-state index contributed by atoms with van der Waals surface area (Å²) in [6.45, 7) is 0. The first-order valence-corrected chi connectivity index (χ1v) is 7.73. The number of benzene rings is 1. The minimum atomic E-state index is -0.519. The Balaban J connectivity index is 1.81. The summed E-state index contributed by atoms with van der Waals surface area (Å²) in [4.78, 5) is 37.6. The number of rotatable bonds is 3. The van der Waals surface area contributed by atoms with Crippen molar-refractivity contribution in [1.29, 1.82) is 0 Å². The van der Waals surface area contributed by atoms with Crippen LogP contribution in [0.3, 0.4) is 0 Å². The first-order valence-electron chi connectivity index (χ1n) is 7.73. The molecule has 4 rings (SSSR count). The predicted molar refractivity (Wildman–Crippen MR) is 93.6 cm³/mol. The van der Waals surface area contributed by atoms with Crippen LogP contribution in [0.15, 0.2) is 72.7 Å². The van der Waals surface area contributed by atoms with Crippen LogP contribution in [-0.4, -0.2) is 26.5 Å². The first kappa shape index (κ1) is 15.6. The Morgan fingerprint density at radius 1 is 1.00 bits per heavy atom. The molecule has 2 heterocycles. The van der Waals surface area contributed by atoms with Crippen LogP contribution in [-0.2, 0) is 9.59 Å². The quantitative estimate of drug-likeness (QED) is 0.722. The Bertz CT molecular complexity index is 1100. The molecule has 2 aromatic heterocycles. The lowest BCUT2D eigenvalue weighted by Crippen LogP contribution is -2.26. The number of nitrogens with zero attached hydrogens (tertiary/aromatic N) is 3. The predicted octanol–water partition coefficient (Wildman–Crippen LogP) is 1.81. The van der Waals surface area contributed by atoms with Crippen molar-refractivity contribution in [2.75, 3.05) is 0 Å². The maximum absolute atomic E-state index is 13.0. The molecule has 26 heavy (non-hydrogen) atoms. The highest BCUT2D eigenvalue weighted by atomic mass is 16.5. The van der Waals surface area contributed by atoms with E-state index in [1.807, 2.05) is 6.07 Å². The van der Waals surface area contributed by atoms with E-state index in [1.54, 1.807) is 36.5 Å². The maximum atomic E-state index is 13.0. The van der Waals surface area contributed by atoms with Crippen molar-refractivity contribution >= 4 is 28.0 Å². The molecule has 2 N–H and O–H groups in total. The number of ether oxygens (including phenoxy) is 1. The Kier molecular flexibility index (Phi) is 3.74. The number of hydrogen-bond acceptors (Lipinski definition) is 7. The molecule has 0 saturated heterocycles. The van der Waals surface area contributed by atoms with Crippen molar-refractivity contribution in [3.63, 3.8) is 0 Å². The van der Waals surface area contributed by atoms with E-state index in [2.05, 4.69) is 15.0 Å². The fourth-order valence-corrected chi connectivity index (χ4v) is 2.68. The molecule has 1 aliphatic carbocycles. The van der Waals surface area contributed by atoms with Crippen molar-refractivity contribution < 1.29 is 14.3 Å². The molecule has 3 aromatic rings. The summed E-state index contributed by atoms with van der Waals surface area (Å²) in [5.74, 6) is -0.821. The number of nitrogens with two attached hydrogens (primary N) is 1. The molecule has 7 nitrogen and oxygen atoms in total. The standard InChI is InChI=1S/C19H12N4O3/c20-17-14(24)8-15(26-11-4-3-7-21-9-11)19(25)16(17)18-12-5-1-2-6-13(12)22-10-23-18/h1-10H,20H2. The third-order valence-electron chi connectivity index (χ3n) is 3.89. The van der Waals surface area contributed by atoms with Crippen LogP contribution in [0.25, 0.3) is 16.5 Å². The van der Waals surface area contributed by atoms with Gasteiger partial charge in [0.15, 0.2) is 5.76 Å². The van der Waals surface area contributed by atoms with Gasteiger partial charge in [-0.25, -0.2) is 9.97 Å². The highest BCUT2D eigenvalue weighted by Crippen LogP contribution is 2.29. The van der Waals surface area contributed by atoms with Crippen molar-refractivity contribution in [1.82, 2.24) is 15.0 Å². The summed E-state index contributed by atoms with van der Waals surface area (Å²) in [7, 11) is 0. The highest BCUT2D eigenvalue weighted by molar-refractivity contribution is 6.38. The zero-order valence-corrected chi connectivity index (χ0v) is 13.4. The third-order valence-corrected chi connectivity index (χ3v) is 3.89. The normalized spacial score (nSPS) is 14.5. The fourth-order valence-electron chi connectivity index (χ4n) is 2.68. The summed E-state index contributed by atoms with van der Waals surface area (Å²) < 4.78 is 5.55. The molecule has 0 bridgehead atoms. The van der Waals surface area contributed by atoms with Gasteiger partial charge in [0.2, 0.25) is 11.6 Å². The number of para-hydroxylation sites is 1. The number of Topliss-reactive ketones (excluding diaryl/α,β-unsaturated/α-hetero) is 1. The van der Waals surface area contributed by atoms with Crippen molar-refractivity contribution in [2.45, 2.75) is 0 Å². The van der Waals surface area contributed by atoms with E-state index in [0.29, 0.717) is 22.3 Å². The van der Waals surface area contributed by atoms with Crippen molar-refractivity contribution in [2.24, 2.45) is 5.73 Å². The van der Waals surface area contributed by atoms with E-state index in [0.717, 1.165) is 6.08 Å². The Morgan fingerprint density at radius 3 is 2.65 bits per heavy atom. The molecule has 1 aromatic carbocycles. The number of allylic oxidation sites excluding steroid dienone is 2. The van der Waals surface area contributed by atoms with Crippen LogP contribution < -0.4 is 10.5 Å². The van der Waals surface area contributed by atoms with Gasteiger partial charge in [-0.15, -0.1) is 0 Å². The molecule has 0 unspecified atom stereocenters. The average Bonchev–Trinajstić information content (AvgIpc) is 2.67. The van der Waals surface area contributed by atoms with Crippen LogP contribution in [0, 0.1) is 0 Å². The van der Waals surface area contributed by atoms with Crippen LogP contribution in [0.5, 0.6) is 5.75 Å². The zero-order valence-electron chi connectivity index (χ0n) is 13.4. The van der Waals surface area contributed by atoms with Gasteiger partial charge >= 0.3 is 0 Å². The number of carbonyl (C=O) groups is 2. The second kappa shape index (κ2) is 6.21. The molecule has 0 saturated carbocycles.